The van der Waals surface area contributed by atoms with Crippen molar-refractivity contribution in [3.05, 3.63) is 29.8 Å². The summed E-state index contributed by atoms with van der Waals surface area (Å²) in [5, 5.41) is 0. The van der Waals surface area contributed by atoms with Crippen LogP contribution < -0.4 is 4.74 Å². The first-order valence-electron chi connectivity index (χ1n) is 7.05. The quantitative estimate of drug-likeness (QED) is 0.689. The molecule has 1 rings (SSSR count). The number of hydrogen-bond acceptors (Lipinski definition) is 5. The van der Waals surface area contributed by atoms with E-state index in [0.717, 1.165) is 5.56 Å². The summed E-state index contributed by atoms with van der Waals surface area (Å²) in [7, 11) is 1.58. The van der Waals surface area contributed by atoms with Gasteiger partial charge in [0.2, 0.25) is 0 Å². The molecule has 5 heteroatoms. The molecule has 0 amide bonds. The first-order chi connectivity index (χ1) is 10.1. The monoisotopic (exact) mass is 294 g/mol. The van der Waals surface area contributed by atoms with Crippen molar-refractivity contribution in [1.29, 1.82) is 0 Å². The minimum absolute atomic E-state index is 0.0177. The van der Waals surface area contributed by atoms with Gasteiger partial charge in [0.25, 0.3) is 0 Å². The van der Waals surface area contributed by atoms with Crippen LogP contribution in [-0.4, -0.2) is 32.3 Å². The van der Waals surface area contributed by atoms with E-state index < -0.39 is 11.9 Å². The summed E-state index contributed by atoms with van der Waals surface area (Å²) in [5.74, 6) is -0.603. The van der Waals surface area contributed by atoms with Gasteiger partial charge in [0.1, 0.15) is 5.75 Å². The second kappa shape index (κ2) is 9.00. The van der Waals surface area contributed by atoms with Gasteiger partial charge in [0, 0.05) is 0 Å². The van der Waals surface area contributed by atoms with E-state index in [4.69, 9.17) is 14.2 Å². The smallest absolute Gasteiger partial charge is 0.309 e. The van der Waals surface area contributed by atoms with Crippen molar-refractivity contribution >= 4 is 11.9 Å². The van der Waals surface area contributed by atoms with E-state index in [2.05, 4.69) is 0 Å². The molecule has 0 saturated heterocycles. The predicted molar refractivity (Wildman–Crippen MR) is 78.1 cm³/mol. The van der Waals surface area contributed by atoms with Crippen molar-refractivity contribution in [3.8, 4) is 5.75 Å². The summed E-state index contributed by atoms with van der Waals surface area (Å²) in [6.07, 6.45) is 0.429. The summed E-state index contributed by atoms with van der Waals surface area (Å²) in [5.41, 5.74) is 0.914. The van der Waals surface area contributed by atoms with Crippen LogP contribution in [0, 0.1) is 5.92 Å². The highest BCUT2D eigenvalue weighted by atomic mass is 16.5. The number of methoxy groups -OCH3 is 1. The molecule has 5 nitrogen and oxygen atoms in total. The van der Waals surface area contributed by atoms with Gasteiger partial charge in [-0.05, 0) is 38.0 Å². The van der Waals surface area contributed by atoms with E-state index in [1.807, 2.05) is 24.3 Å². The highest BCUT2D eigenvalue weighted by Crippen LogP contribution is 2.19. The molecule has 0 N–H and O–H groups in total. The van der Waals surface area contributed by atoms with Gasteiger partial charge in [-0.1, -0.05) is 12.1 Å². The molecular weight excluding hydrogens is 272 g/mol. The lowest BCUT2D eigenvalue weighted by atomic mass is 9.96. The normalized spacial score (nSPS) is 11.6. The molecule has 0 saturated carbocycles. The third kappa shape index (κ3) is 5.85. The zero-order valence-corrected chi connectivity index (χ0v) is 12.8. The SMILES string of the molecule is CCOC(=O)CC(Cc1cccc(OC)c1)C(=O)OCC. The molecule has 0 fully saturated rings. The topological polar surface area (TPSA) is 61.8 Å². The number of rotatable bonds is 8. The molecule has 0 spiro atoms. The minimum atomic E-state index is -0.545. The molecule has 116 valence electrons. The maximum atomic E-state index is 12.0. The number of hydrogen-bond donors (Lipinski definition) is 0. The van der Waals surface area contributed by atoms with E-state index in [1.54, 1.807) is 21.0 Å². The average molecular weight is 294 g/mol. The first kappa shape index (κ1) is 17.0. The lowest BCUT2D eigenvalue weighted by Crippen LogP contribution is -2.24. The van der Waals surface area contributed by atoms with Gasteiger partial charge in [-0.25, -0.2) is 0 Å². The fraction of sp³-hybridized carbons (Fsp3) is 0.500. The summed E-state index contributed by atoms with van der Waals surface area (Å²) in [6.45, 7) is 4.06. The molecule has 0 aliphatic heterocycles. The van der Waals surface area contributed by atoms with Gasteiger partial charge in [0.05, 0.1) is 32.7 Å². The number of ether oxygens (including phenoxy) is 3. The van der Waals surface area contributed by atoms with Crippen LogP contribution in [0.1, 0.15) is 25.8 Å². The maximum absolute atomic E-state index is 12.0. The minimum Gasteiger partial charge on any atom is -0.497 e. The Morgan fingerprint density at radius 2 is 1.86 bits per heavy atom. The summed E-state index contributed by atoms with van der Waals surface area (Å²) >= 11 is 0. The van der Waals surface area contributed by atoms with Crippen LogP contribution >= 0.6 is 0 Å². The van der Waals surface area contributed by atoms with Crippen molar-refractivity contribution in [3.63, 3.8) is 0 Å². The Morgan fingerprint density at radius 1 is 1.14 bits per heavy atom. The van der Waals surface area contributed by atoms with Crippen molar-refractivity contribution in [2.75, 3.05) is 20.3 Å². The fourth-order valence-corrected chi connectivity index (χ4v) is 2.00. The molecular formula is C16H22O5. The van der Waals surface area contributed by atoms with Crippen molar-refractivity contribution < 1.29 is 23.8 Å². The Hall–Kier alpha value is -2.04. The lowest BCUT2D eigenvalue weighted by Gasteiger charge is -2.15. The second-order valence-electron chi connectivity index (χ2n) is 4.51. The number of carbonyl (C=O) groups excluding carboxylic acids is 2. The van der Waals surface area contributed by atoms with Gasteiger partial charge in [-0.15, -0.1) is 0 Å². The van der Waals surface area contributed by atoms with Crippen LogP contribution in [-0.2, 0) is 25.5 Å². The zero-order chi connectivity index (χ0) is 15.7. The van der Waals surface area contributed by atoms with Crippen LogP contribution in [0.4, 0.5) is 0 Å². The zero-order valence-electron chi connectivity index (χ0n) is 12.8. The molecule has 1 atom stereocenters. The lowest BCUT2D eigenvalue weighted by molar-refractivity contribution is -0.154. The second-order valence-corrected chi connectivity index (χ2v) is 4.51. The highest BCUT2D eigenvalue weighted by Gasteiger charge is 2.24. The highest BCUT2D eigenvalue weighted by molar-refractivity contribution is 5.80. The predicted octanol–water partition coefficient (Wildman–Crippen LogP) is 2.37. The summed E-state index contributed by atoms with van der Waals surface area (Å²) < 4.78 is 15.1. The van der Waals surface area contributed by atoms with Gasteiger partial charge in [-0.2, -0.15) is 0 Å². The Labute approximate surface area is 125 Å². The van der Waals surface area contributed by atoms with Gasteiger partial charge in [0.15, 0.2) is 0 Å². The van der Waals surface area contributed by atoms with E-state index in [-0.39, 0.29) is 19.0 Å². The number of carbonyl (C=O) groups is 2. The molecule has 0 heterocycles. The Bertz CT molecular complexity index is 469. The van der Waals surface area contributed by atoms with Crippen LogP contribution in [0.3, 0.4) is 0 Å². The molecule has 0 radical (unpaired) electrons. The molecule has 0 aromatic heterocycles. The Morgan fingerprint density at radius 3 is 2.48 bits per heavy atom. The van der Waals surface area contributed by atoms with Crippen LogP contribution in [0.2, 0.25) is 0 Å². The Kier molecular flexibility index (Phi) is 7.29. The summed E-state index contributed by atoms with van der Waals surface area (Å²) in [6, 6.07) is 7.41. The van der Waals surface area contributed by atoms with E-state index in [9.17, 15) is 9.59 Å². The van der Waals surface area contributed by atoms with Gasteiger partial charge >= 0.3 is 11.9 Å². The van der Waals surface area contributed by atoms with Crippen LogP contribution in [0.5, 0.6) is 5.75 Å². The number of esters is 2. The average Bonchev–Trinajstić information content (AvgIpc) is 2.47. The van der Waals surface area contributed by atoms with Crippen LogP contribution in [0.15, 0.2) is 24.3 Å². The maximum Gasteiger partial charge on any atom is 0.309 e. The third-order valence-electron chi connectivity index (χ3n) is 2.95. The first-order valence-corrected chi connectivity index (χ1v) is 7.05. The largest absolute Gasteiger partial charge is 0.497 e. The van der Waals surface area contributed by atoms with Crippen molar-refractivity contribution in [2.45, 2.75) is 26.7 Å². The molecule has 0 bridgehead atoms. The van der Waals surface area contributed by atoms with Gasteiger partial charge < -0.3 is 14.2 Å². The molecule has 1 aromatic carbocycles. The van der Waals surface area contributed by atoms with Gasteiger partial charge in [-0.3, -0.25) is 9.59 Å². The van der Waals surface area contributed by atoms with Crippen molar-refractivity contribution in [1.82, 2.24) is 0 Å². The number of benzene rings is 1. The molecule has 21 heavy (non-hydrogen) atoms. The molecule has 0 aliphatic rings. The molecule has 0 aliphatic carbocycles. The van der Waals surface area contributed by atoms with E-state index >= 15 is 0 Å². The molecule has 1 unspecified atom stereocenters. The fourth-order valence-electron chi connectivity index (χ4n) is 2.00. The van der Waals surface area contributed by atoms with Crippen LogP contribution in [0.25, 0.3) is 0 Å². The third-order valence-corrected chi connectivity index (χ3v) is 2.95. The Balaban J connectivity index is 2.79. The van der Waals surface area contributed by atoms with E-state index in [0.29, 0.717) is 18.8 Å². The summed E-state index contributed by atoms with van der Waals surface area (Å²) in [4.78, 5) is 23.6. The van der Waals surface area contributed by atoms with Crippen molar-refractivity contribution in [2.24, 2.45) is 5.92 Å². The standard InChI is InChI=1S/C16H22O5/c1-4-20-15(17)11-13(16(18)21-5-2)9-12-7-6-8-14(10-12)19-3/h6-8,10,13H,4-5,9,11H2,1-3H3. The van der Waals surface area contributed by atoms with E-state index in [1.165, 1.54) is 0 Å². The molecule has 1 aromatic rings.